The molecule has 6 heteroatoms. The van der Waals surface area contributed by atoms with Crippen molar-refractivity contribution in [1.29, 1.82) is 0 Å². The molecule has 1 heterocycles. The van der Waals surface area contributed by atoms with E-state index in [0.29, 0.717) is 22.6 Å². The van der Waals surface area contributed by atoms with E-state index in [1.807, 2.05) is 6.92 Å². The van der Waals surface area contributed by atoms with Gasteiger partial charge in [0.1, 0.15) is 11.4 Å². The van der Waals surface area contributed by atoms with E-state index in [1.165, 1.54) is 13.4 Å². The number of methoxy groups -OCH3 is 1. The van der Waals surface area contributed by atoms with Gasteiger partial charge in [-0.2, -0.15) is 0 Å². The number of rotatable bonds is 4. The summed E-state index contributed by atoms with van der Waals surface area (Å²) in [7, 11) is 1.31. The molecule has 0 fully saturated rings. The number of aryl methyl sites for hydroxylation is 1. The highest BCUT2D eigenvalue weighted by molar-refractivity contribution is 7.99. The monoisotopic (exact) mass is 292 g/mol. The fourth-order valence-electron chi connectivity index (χ4n) is 1.64. The summed E-state index contributed by atoms with van der Waals surface area (Å²) in [5, 5.41) is 0.202. The van der Waals surface area contributed by atoms with E-state index in [2.05, 4.69) is 9.97 Å². The summed E-state index contributed by atoms with van der Waals surface area (Å²) in [4.78, 5) is 20.1. The molecule has 0 saturated heterocycles. The van der Waals surface area contributed by atoms with Crippen LogP contribution >= 0.6 is 11.8 Å². The molecule has 0 spiro atoms. The van der Waals surface area contributed by atoms with Crippen molar-refractivity contribution in [1.82, 2.24) is 9.97 Å². The Morgan fingerprint density at radius 2 is 2.10 bits per heavy atom. The highest BCUT2D eigenvalue weighted by Gasteiger charge is 2.16. The van der Waals surface area contributed by atoms with Gasteiger partial charge in [-0.25, -0.2) is 19.2 Å². The summed E-state index contributed by atoms with van der Waals surface area (Å²) < 4.78 is 18.8. The van der Waals surface area contributed by atoms with Gasteiger partial charge in [0.05, 0.1) is 18.4 Å². The predicted octanol–water partition coefficient (Wildman–Crippen LogP) is 3.12. The number of esters is 1. The maximum absolute atomic E-state index is 14.1. The van der Waals surface area contributed by atoms with E-state index < -0.39 is 11.8 Å². The van der Waals surface area contributed by atoms with Crippen LogP contribution in [0.4, 0.5) is 4.39 Å². The van der Waals surface area contributed by atoms with Gasteiger partial charge >= 0.3 is 5.97 Å². The van der Waals surface area contributed by atoms with Gasteiger partial charge in [-0.05, 0) is 18.6 Å². The molecule has 4 nitrogen and oxygen atoms in total. The standard InChI is InChI=1S/C14H13FN2O2S/c1-3-10-12(15)13(17-8-16-10)20-11-7-5-4-6-9(11)14(18)19-2/h4-8H,3H2,1-2H3. The summed E-state index contributed by atoms with van der Waals surface area (Å²) in [5.41, 5.74) is 0.745. The van der Waals surface area contributed by atoms with Gasteiger partial charge in [0, 0.05) is 4.90 Å². The van der Waals surface area contributed by atoms with Crippen LogP contribution in [-0.4, -0.2) is 23.0 Å². The fourth-order valence-corrected chi connectivity index (χ4v) is 2.57. The number of carbonyl (C=O) groups is 1. The lowest BCUT2D eigenvalue weighted by atomic mass is 10.2. The number of halogens is 1. The van der Waals surface area contributed by atoms with Crippen LogP contribution in [0.1, 0.15) is 23.0 Å². The fraction of sp³-hybridized carbons (Fsp3) is 0.214. The quantitative estimate of drug-likeness (QED) is 0.640. The SMILES string of the molecule is CCc1ncnc(Sc2ccccc2C(=O)OC)c1F. The van der Waals surface area contributed by atoms with Crippen molar-refractivity contribution in [2.45, 2.75) is 23.3 Å². The highest BCUT2D eigenvalue weighted by Crippen LogP contribution is 2.31. The number of hydrogen-bond acceptors (Lipinski definition) is 5. The van der Waals surface area contributed by atoms with Crippen LogP contribution in [0.15, 0.2) is 40.5 Å². The molecule has 0 N–H and O–H groups in total. The van der Waals surface area contributed by atoms with Gasteiger partial charge in [-0.1, -0.05) is 30.8 Å². The van der Waals surface area contributed by atoms with Gasteiger partial charge in [0.15, 0.2) is 5.82 Å². The number of hydrogen-bond donors (Lipinski definition) is 0. The first kappa shape index (κ1) is 14.5. The van der Waals surface area contributed by atoms with Crippen molar-refractivity contribution >= 4 is 17.7 Å². The van der Waals surface area contributed by atoms with Crippen molar-refractivity contribution < 1.29 is 13.9 Å². The van der Waals surface area contributed by atoms with Crippen LogP contribution in [0.5, 0.6) is 0 Å². The molecule has 0 bridgehead atoms. The summed E-state index contributed by atoms with van der Waals surface area (Å²) in [6.07, 6.45) is 1.81. The molecule has 2 aromatic rings. The Kier molecular flexibility index (Phi) is 4.68. The zero-order valence-electron chi connectivity index (χ0n) is 11.1. The minimum Gasteiger partial charge on any atom is -0.465 e. The van der Waals surface area contributed by atoms with Crippen LogP contribution in [0.2, 0.25) is 0 Å². The summed E-state index contributed by atoms with van der Waals surface area (Å²) >= 11 is 1.09. The van der Waals surface area contributed by atoms with Crippen molar-refractivity contribution in [3.63, 3.8) is 0 Å². The maximum Gasteiger partial charge on any atom is 0.339 e. The number of benzene rings is 1. The molecule has 104 valence electrons. The molecule has 0 amide bonds. The van der Waals surface area contributed by atoms with Gasteiger partial charge in [0.2, 0.25) is 0 Å². The summed E-state index contributed by atoms with van der Waals surface area (Å²) in [6.45, 7) is 1.82. The van der Waals surface area contributed by atoms with E-state index in [9.17, 15) is 9.18 Å². The third-order valence-electron chi connectivity index (χ3n) is 2.66. The lowest BCUT2D eigenvalue weighted by Gasteiger charge is -2.08. The molecule has 0 aliphatic heterocycles. The zero-order valence-corrected chi connectivity index (χ0v) is 11.9. The molecule has 0 aliphatic rings. The van der Waals surface area contributed by atoms with E-state index in [-0.39, 0.29) is 5.03 Å². The largest absolute Gasteiger partial charge is 0.465 e. The molecular formula is C14H13FN2O2S. The first-order valence-corrected chi connectivity index (χ1v) is 6.83. The van der Waals surface area contributed by atoms with Gasteiger partial charge in [-0.15, -0.1) is 0 Å². The number of nitrogens with zero attached hydrogens (tertiary/aromatic N) is 2. The van der Waals surface area contributed by atoms with Crippen molar-refractivity contribution in [2.75, 3.05) is 7.11 Å². The highest BCUT2D eigenvalue weighted by atomic mass is 32.2. The Bertz CT molecular complexity index is 634. The van der Waals surface area contributed by atoms with Crippen molar-refractivity contribution in [3.05, 3.63) is 47.7 Å². The summed E-state index contributed by atoms with van der Waals surface area (Å²) in [6, 6.07) is 6.86. The molecule has 0 radical (unpaired) electrons. The van der Waals surface area contributed by atoms with Crippen LogP contribution in [0.25, 0.3) is 0 Å². The molecular weight excluding hydrogens is 279 g/mol. The first-order chi connectivity index (χ1) is 9.67. The lowest BCUT2D eigenvalue weighted by molar-refractivity contribution is 0.0597. The minimum absolute atomic E-state index is 0.202. The molecule has 2 rings (SSSR count). The minimum atomic E-state index is -0.460. The Labute approximate surface area is 120 Å². The average molecular weight is 292 g/mol. The zero-order chi connectivity index (χ0) is 14.5. The van der Waals surface area contributed by atoms with Crippen LogP contribution in [0, 0.1) is 5.82 Å². The Hall–Kier alpha value is -1.95. The lowest BCUT2D eigenvalue weighted by Crippen LogP contribution is -2.03. The van der Waals surface area contributed by atoms with E-state index in [1.54, 1.807) is 24.3 Å². The molecule has 0 atom stereocenters. The normalized spacial score (nSPS) is 10.3. The second-order valence-electron chi connectivity index (χ2n) is 3.88. The number of ether oxygens (including phenoxy) is 1. The van der Waals surface area contributed by atoms with Gasteiger partial charge in [0.25, 0.3) is 0 Å². The Morgan fingerprint density at radius 3 is 2.80 bits per heavy atom. The van der Waals surface area contributed by atoms with Crippen LogP contribution in [-0.2, 0) is 11.2 Å². The van der Waals surface area contributed by atoms with Gasteiger partial charge in [-0.3, -0.25) is 0 Å². The van der Waals surface area contributed by atoms with Crippen molar-refractivity contribution in [2.24, 2.45) is 0 Å². The van der Waals surface area contributed by atoms with E-state index >= 15 is 0 Å². The number of aromatic nitrogens is 2. The topological polar surface area (TPSA) is 52.1 Å². The van der Waals surface area contributed by atoms with E-state index in [0.717, 1.165) is 11.8 Å². The molecule has 0 saturated carbocycles. The predicted molar refractivity (Wildman–Crippen MR) is 73.3 cm³/mol. The molecule has 0 unspecified atom stereocenters. The maximum atomic E-state index is 14.1. The third kappa shape index (κ3) is 2.96. The third-order valence-corrected chi connectivity index (χ3v) is 3.72. The molecule has 1 aromatic carbocycles. The Morgan fingerprint density at radius 1 is 1.35 bits per heavy atom. The molecule has 0 aliphatic carbocycles. The molecule has 1 aromatic heterocycles. The first-order valence-electron chi connectivity index (χ1n) is 6.02. The summed E-state index contributed by atoms with van der Waals surface area (Å²) in [5.74, 6) is -0.905. The second kappa shape index (κ2) is 6.47. The average Bonchev–Trinajstić information content (AvgIpc) is 2.49. The second-order valence-corrected chi connectivity index (χ2v) is 4.91. The Balaban J connectivity index is 2.38. The van der Waals surface area contributed by atoms with Gasteiger partial charge < -0.3 is 4.74 Å². The van der Waals surface area contributed by atoms with Crippen LogP contribution < -0.4 is 0 Å². The van der Waals surface area contributed by atoms with Crippen LogP contribution in [0.3, 0.4) is 0 Å². The molecule has 20 heavy (non-hydrogen) atoms. The number of carbonyl (C=O) groups excluding carboxylic acids is 1. The van der Waals surface area contributed by atoms with E-state index in [4.69, 9.17) is 4.74 Å². The smallest absolute Gasteiger partial charge is 0.339 e. The van der Waals surface area contributed by atoms with Crippen molar-refractivity contribution in [3.8, 4) is 0 Å².